The Morgan fingerprint density at radius 1 is 0.708 bits per heavy atom. The number of tetrazole rings is 1. The maximum absolute atomic E-state index is 12.9. The minimum atomic E-state index is -0.882. The molecule has 5 aromatic carbocycles. The van der Waals surface area contributed by atoms with E-state index < -0.39 is 17.4 Å². The minimum Gasteiger partial charge on any atom is -0.468 e. The van der Waals surface area contributed by atoms with Gasteiger partial charge in [0.15, 0.2) is 5.82 Å². The standard InChI is InChI=1S/C41H38N4O3/c1-3-4-24-38(46)37(40(47)48-2)29-30-25-27-31(28-26-30)35-22-14-15-23-36(35)39-42-43-44-45(39)41(32-16-8-5-9-17-32,33-18-10-6-11-19-33)34-20-12-7-13-21-34/h5-23,25-28,37H,3-4,24,29H2,1-2H3. The van der Waals surface area contributed by atoms with E-state index in [9.17, 15) is 9.59 Å². The van der Waals surface area contributed by atoms with E-state index in [4.69, 9.17) is 9.95 Å². The largest absolute Gasteiger partial charge is 0.468 e. The number of carbonyl (C=O) groups excluding carboxylic acids is 2. The first kappa shape index (κ1) is 32.3. The first-order chi connectivity index (χ1) is 23.6. The number of ketones is 1. The summed E-state index contributed by atoms with van der Waals surface area (Å²) in [6.07, 6.45) is 2.30. The molecule has 6 aromatic rings. The average molecular weight is 635 g/mol. The second kappa shape index (κ2) is 14.8. The second-order valence-corrected chi connectivity index (χ2v) is 11.8. The Hall–Kier alpha value is -5.69. The number of hydrogen-bond donors (Lipinski definition) is 0. The first-order valence-electron chi connectivity index (χ1n) is 16.3. The van der Waals surface area contributed by atoms with Crippen molar-refractivity contribution in [3.63, 3.8) is 0 Å². The molecule has 1 heterocycles. The van der Waals surface area contributed by atoms with Gasteiger partial charge < -0.3 is 4.74 Å². The van der Waals surface area contributed by atoms with Crippen molar-refractivity contribution >= 4 is 11.8 Å². The molecule has 0 aliphatic carbocycles. The van der Waals surface area contributed by atoms with Crippen LogP contribution >= 0.6 is 0 Å². The van der Waals surface area contributed by atoms with Crippen LogP contribution in [0.1, 0.15) is 48.4 Å². The fraction of sp³-hybridized carbons (Fsp3) is 0.195. The van der Waals surface area contributed by atoms with E-state index in [1.54, 1.807) is 0 Å². The number of carbonyl (C=O) groups is 2. The summed E-state index contributed by atoms with van der Waals surface area (Å²) < 4.78 is 6.92. The van der Waals surface area contributed by atoms with Crippen molar-refractivity contribution in [2.24, 2.45) is 5.92 Å². The van der Waals surface area contributed by atoms with Crippen molar-refractivity contribution in [2.45, 2.75) is 38.1 Å². The summed E-state index contributed by atoms with van der Waals surface area (Å²) in [4.78, 5) is 25.4. The topological polar surface area (TPSA) is 87.0 Å². The van der Waals surface area contributed by atoms with Gasteiger partial charge in [-0.3, -0.25) is 9.59 Å². The number of methoxy groups -OCH3 is 1. The Morgan fingerprint density at radius 3 is 1.75 bits per heavy atom. The van der Waals surface area contributed by atoms with Gasteiger partial charge in [0.1, 0.15) is 17.2 Å². The lowest BCUT2D eigenvalue weighted by Crippen LogP contribution is -2.39. The van der Waals surface area contributed by atoms with Gasteiger partial charge in [-0.05, 0) is 56.6 Å². The fourth-order valence-corrected chi connectivity index (χ4v) is 6.47. The maximum atomic E-state index is 12.9. The zero-order valence-electron chi connectivity index (χ0n) is 27.2. The van der Waals surface area contributed by atoms with Crippen LogP contribution in [0.2, 0.25) is 0 Å². The summed E-state index contributed by atoms with van der Waals surface area (Å²) in [7, 11) is 1.33. The molecule has 0 N–H and O–H groups in total. The highest BCUT2D eigenvalue weighted by molar-refractivity contribution is 5.99. The van der Waals surface area contributed by atoms with E-state index in [1.807, 2.05) is 109 Å². The van der Waals surface area contributed by atoms with Gasteiger partial charge in [-0.25, -0.2) is 4.68 Å². The Morgan fingerprint density at radius 2 is 1.23 bits per heavy atom. The third kappa shape index (κ3) is 6.32. The van der Waals surface area contributed by atoms with Gasteiger partial charge >= 0.3 is 5.97 Å². The molecule has 1 atom stereocenters. The molecule has 0 amide bonds. The SMILES string of the molecule is CCCCC(=O)C(Cc1ccc(-c2ccccc2-c2nnnn2C(c2ccccc2)(c2ccccc2)c2ccccc2)cc1)C(=O)OC. The number of esters is 1. The smallest absolute Gasteiger partial charge is 0.316 e. The first-order valence-corrected chi connectivity index (χ1v) is 16.3. The molecule has 6 rings (SSSR count). The molecular weight excluding hydrogens is 596 g/mol. The van der Waals surface area contributed by atoms with Crippen molar-refractivity contribution in [2.75, 3.05) is 7.11 Å². The molecule has 0 saturated heterocycles. The van der Waals surface area contributed by atoms with Crippen LogP contribution in [0.5, 0.6) is 0 Å². The molecule has 0 aliphatic heterocycles. The summed E-state index contributed by atoms with van der Waals surface area (Å²) in [5, 5.41) is 13.6. The lowest BCUT2D eigenvalue weighted by Gasteiger charge is -2.36. The zero-order valence-corrected chi connectivity index (χ0v) is 27.2. The number of hydrogen-bond acceptors (Lipinski definition) is 6. The Bertz CT molecular complexity index is 1860. The van der Waals surface area contributed by atoms with Gasteiger partial charge in [0, 0.05) is 12.0 Å². The van der Waals surface area contributed by atoms with Gasteiger partial charge in [0.2, 0.25) is 0 Å². The van der Waals surface area contributed by atoms with Crippen LogP contribution in [-0.2, 0) is 26.3 Å². The van der Waals surface area contributed by atoms with Gasteiger partial charge in [-0.1, -0.05) is 153 Å². The van der Waals surface area contributed by atoms with Gasteiger partial charge in [0.05, 0.1) is 7.11 Å². The lowest BCUT2D eigenvalue weighted by atomic mass is 9.77. The van der Waals surface area contributed by atoms with Crippen LogP contribution in [0.15, 0.2) is 140 Å². The lowest BCUT2D eigenvalue weighted by molar-refractivity contribution is -0.149. The summed E-state index contributed by atoms with van der Waals surface area (Å²) in [6.45, 7) is 2.03. The van der Waals surface area contributed by atoms with Crippen molar-refractivity contribution in [3.05, 3.63) is 162 Å². The van der Waals surface area contributed by atoms with E-state index in [0.717, 1.165) is 51.8 Å². The third-order valence-electron chi connectivity index (χ3n) is 8.89. The second-order valence-electron chi connectivity index (χ2n) is 11.8. The number of nitrogens with zero attached hydrogens (tertiary/aromatic N) is 4. The monoisotopic (exact) mass is 634 g/mol. The van der Waals surface area contributed by atoms with Gasteiger partial charge in [0.25, 0.3) is 0 Å². The molecule has 1 aromatic heterocycles. The van der Waals surface area contributed by atoms with E-state index in [0.29, 0.717) is 18.7 Å². The normalized spacial score (nSPS) is 12.0. The maximum Gasteiger partial charge on any atom is 0.316 e. The van der Waals surface area contributed by atoms with Gasteiger partial charge in [-0.2, -0.15) is 0 Å². The molecule has 48 heavy (non-hydrogen) atoms. The van der Waals surface area contributed by atoms with Crippen molar-refractivity contribution in [1.82, 2.24) is 20.2 Å². The fourth-order valence-electron chi connectivity index (χ4n) is 6.47. The quantitative estimate of drug-likeness (QED) is 0.0728. The molecule has 0 saturated carbocycles. The predicted octanol–water partition coefficient (Wildman–Crippen LogP) is 7.94. The molecule has 0 radical (unpaired) electrons. The van der Waals surface area contributed by atoms with E-state index in [-0.39, 0.29) is 5.78 Å². The van der Waals surface area contributed by atoms with E-state index >= 15 is 0 Å². The number of ether oxygens (including phenoxy) is 1. The summed E-state index contributed by atoms with van der Waals surface area (Å²) in [5.41, 5.74) is 5.84. The molecule has 0 fully saturated rings. The molecule has 240 valence electrons. The highest BCUT2D eigenvalue weighted by Crippen LogP contribution is 2.43. The molecule has 7 nitrogen and oxygen atoms in total. The van der Waals surface area contributed by atoms with Crippen molar-refractivity contribution < 1.29 is 14.3 Å². The summed E-state index contributed by atoms with van der Waals surface area (Å²) in [6, 6.07) is 47.0. The molecule has 7 heteroatoms. The van der Waals surface area contributed by atoms with Crippen LogP contribution in [-0.4, -0.2) is 39.1 Å². The number of Topliss-reactive ketones (excluding diaryl/α,β-unsaturated/α-hetero) is 1. The number of unbranched alkanes of at least 4 members (excludes halogenated alkanes) is 1. The molecule has 0 spiro atoms. The van der Waals surface area contributed by atoms with Crippen LogP contribution < -0.4 is 0 Å². The van der Waals surface area contributed by atoms with Crippen LogP contribution in [0.3, 0.4) is 0 Å². The van der Waals surface area contributed by atoms with Crippen molar-refractivity contribution in [3.8, 4) is 22.5 Å². The number of aromatic nitrogens is 4. The Labute approximate surface area is 281 Å². The average Bonchev–Trinajstić information content (AvgIpc) is 3.64. The van der Waals surface area contributed by atoms with Crippen LogP contribution in [0.4, 0.5) is 0 Å². The number of benzene rings is 5. The molecular formula is C41H38N4O3. The van der Waals surface area contributed by atoms with Crippen LogP contribution in [0.25, 0.3) is 22.5 Å². The number of rotatable bonds is 13. The molecule has 0 aliphatic rings. The third-order valence-corrected chi connectivity index (χ3v) is 8.89. The Balaban J connectivity index is 1.45. The van der Waals surface area contributed by atoms with Crippen LogP contribution in [0, 0.1) is 5.92 Å². The van der Waals surface area contributed by atoms with Crippen molar-refractivity contribution in [1.29, 1.82) is 0 Å². The van der Waals surface area contributed by atoms with E-state index in [2.05, 4.69) is 52.8 Å². The zero-order chi connectivity index (χ0) is 33.3. The summed E-state index contributed by atoms with van der Waals surface area (Å²) >= 11 is 0. The highest BCUT2D eigenvalue weighted by atomic mass is 16.5. The summed E-state index contributed by atoms with van der Waals surface area (Å²) in [5.74, 6) is -0.773. The van der Waals surface area contributed by atoms with Gasteiger partial charge in [-0.15, -0.1) is 5.10 Å². The molecule has 1 unspecified atom stereocenters. The van der Waals surface area contributed by atoms with E-state index in [1.165, 1.54) is 7.11 Å². The highest BCUT2D eigenvalue weighted by Gasteiger charge is 2.42. The molecule has 0 bridgehead atoms. The minimum absolute atomic E-state index is 0.0799. The predicted molar refractivity (Wildman–Crippen MR) is 187 cm³/mol. The Kier molecular flexibility index (Phi) is 9.96.